The Kier molecular flexibility index (Phi) is 5.40. The Morgan fingerprint density at radius 2 is 2.17 bits per heavy atom. The van der Waals surface area contributed by atoms with Crippen molar-refractivity contribution in [2.45, 2.75) is 13.3 Å². The van der Waals surface area contributed by atoms with E-state index in [1.165, 1.54) is 25.1 Å². The predicted octanol–water partition coefficient (Wildman–Crippen LogP) is 2.08. The van der Waals surface area contributed by atoms with Gasteiger partial charge in [-0.2, -0.15) is 0 Å². The molecule has 0 radical (unpaired) electrons. The quantitative estimate of drug-likeness (QED) is 0.851. The van der Waals surface area contributed by atoms with E-state index in [0.29, 0.717) is 11.3 Å². The average molecular weight is 266 g/mol. The SMILES string of the molecule is CC(=O)SCC#Cc1ccc(F)c(CC(=O)O)c1. The number of carboxylic acid groups (broad SMARTS) is 1. The van der Waals surface area contributed by atoms with Gasteiger partial charge in [0, 0.05) is 18.1 Å². The molecule has 1 aromatic rings. The Morgan fingerprint density at radius 3 is 2.78 bits per heavy atom. The molecule has 0 spiro atoms. The summed E-state index contributed by atoms with van der Waals surface area (Å²) in [6.45, 7) is 1.45. The Morgan fingerprint density at radius 1 is 1.44 bits per heavy atom. The third-order valence-electron chi connectivity index (χ3n) is 1.97. The molecule has 0 saturated carbocycles. The second kappa shape index (κ2) is 6.82. The van der Waals surface area contributed by atoms with Crippen molar-refractivity contribution in [1.29, 1.82) is 0 Å². The molecule has 0 fully saturated rings. The number of aliphatic carboxylic acids is 1. The van der Waals surface area contributed by atoms with Crippen molar-refractivity contribution in [1.82, 2.24) is 0 Å². The van der Waals surface area contributed by atoms with Gasteiger partial charge in [0.1, 0.15) is 5.82 Å². The lowest BCUT2D eigenvalue weighted by molar-refractivity contribution is -0.136. The van der Waals surface area contributed by atoms with E-state index in [-0.39, 0.29) is 17.1 Å². The zero-order valence-electron chi connectivity index (χ0n) is 9.70. The number of benzene rings is 1. The highest BCUT2D eigenvalue weighted by Gasteiger charge is 2.06. The molecule has 0 aromatic heterocycles. The molecule has 18 heavy (non-hydrogen) atoms. The number of hydrogen-bond acceptors (Lipinski definition) is 3. The molecule has 0 unspecified atom stereocenters. The van der Waals surface area contributed by atoms with Crippen LogP contribution in [-0.2, 0) is 16.0 Å². The zero-order valence-corrected chi connectivity index (χ0v) is 10.5. The molecule has 3 nitrogen and oxygen atoms in total. The second-order valence-corrected chi connectivity index (χ2v) is 4.61. The summed E-state index contributed by atoms with van der Waals surface area (Å²) in [5.74, 6) is 4.23. The molecule has 0 heterocycles. The van der Waals surface area contributed by atoms with Crippen molar-refractivity contribution in [3.8, 4) is 11.8 Å². The largest absolute Gasteiger partial charge is 0.481 e. The van der Waals surface area contributed by atoms with E-state index >= 15 is 0 Å². The van der Waals surface area contributed by atoms with Gasteiger partial charge in [-0.1, -0.05) is 23.6 Å². The van der Waals surface area contributed by atoms with E-state index in [9.17, 15) is 14.0 Å². The second-order valence-electron chi connectivity index (χ2n) is 3.46. The highest BCUT2D eigenvalue weighted by atomic mass is 32.2. The zero-order chi connectivity index (χ0) is 13.5. The number of hydrogen-bond donors (Lipinski definition) is 1. The summed E-state index contributed by atoms with van der Waals surface area (Å²) in [5.41, 5.74) is 0.644. The number of carboxylic acids is 1. The number of halogens is 1. The van der Waals surface area contributed by atoms with Crippen molar-refractivity contribution < 1.29 is 19.1 Å². The van der Waals surface area contributed by atoms with Gasteiger partial charge >= 0.3 is 5.97 Å². The van der Waals surface area contributed by atoms with Crippen LogP contribution in [0.4, 0.5) is 4.39 Å². The van der Waals surface area contributed by atoms with Gasteiger partial charge in [-0.15, -0.1) is 0 Å². The summed E-state index contributed by atoms with van der Waals surface area (Å²) in [4.78, 5) is 21.2. The minimum atomic E-state index is -1.09. The topological polar surface area (TPSA) is 54.4 Å². The van der Waals surface area contributed by atoms with Crippen molar-refractivity contribution in [2.24, 2.45) is 0 Å². The van der Waals surface area contributed by atoms with Crippen molar-refractivity contribution >= 4 is 22.8 Å². The lowest BCUT2D eigenvalue weighted by Gasteiger charge is -2.00. The van der Waals surface area contributed by atoms with E-state index in [0.717, 1.165) is 11.8 Å². The summed E-state index contributed by atoms with van der Waals surface area (Å²) < 4.78 is 13.3. The van der Waals surface area contributed by atoms with E-state index in [2.05, 4.69) is 11.8 Å². The van der Waals surface area contributed by atoms with Crippen LogP contribution in [0, 0.1) is 17.7 Å². The van der Waals surface area contributed by atoms with Gasteiger partial charge in [0.2, 0.25) is 0 Å². The third-order valence-corrected chi connectivity index (χ3v) is 2.66. The first-order valence-corrected chi connectivity index (χ1v) is 6.10. The molecular weight excluding hydrogens is 255 g/mol. The minimum Gasteiger partial charge on any atom is -0.481 e. The molecule has 1 rings (SSSR count). The normalized spacial score (nSPS) is 9.44. The fourth-order valence-electron chi connectivity index (χ4n) is 1.23. The fourth-order valence-corrected chi connectivity index (χ4v) is 1.57. The molecule has 0 aliphatic carbocycles. The van der Waals surface area contributed by atoms with Gasteiger partial charge in [-0.25, -0.2) is 4.39 Å². The Bertz CT molecular complexity index is 529. The van der Waals surface area contributed by atoms with E-state index in [4.69, 9.17) is 5.11 Å². The number of thioether (sulfide) groups is 1. The van der Waals surface area contributed by atoms with Crippen LogP contribution < -0.4 is 0 Å². The van der Waals surface area contributed by atoms with E-state index < -0.39 is 11.8 Å². The van der Waals surface area contributed by atoms with Crippen molar-refractivity contribution in [3.05, 3.63) is 35.1 Å². The van der Waals surface area contributed by atoms with Crippen LogP contribution >= 0.6 is 11.8 Å². The van der Waals surface area contributed by atoms with Crippen LogP contribution in [0.15, 0.2) is 18.2 Å². The summed E-state index contributed by atoms with van der Waals surface area (Å²) in [5, 5.41) is 8.60. The van der Waals surface area contributed by atoms with Gasteiger partial charge in [0.15, 0.2) is 5.12 Å². The molecule has 0 aliphatic rings. The van der Waals surface area contributed by atoms with Crippen LogP contribution in [0.5, 0.6) is 0 Å². The molecule has 0 atom stereocenters. The van der Waals surface area contributed by atoms with Crippen LogP contribution in [0.2, 0.25) is 0 Å². The molecule has 1 aromatic carbocycles. The van der Waals surface area contributed by atoms with Gasteiger partial charge in [0.25, 0.3) is 0 Å². The molecular formula is C13H11FO3S. The first-order valence-electron chi connectivity index (χ1n) is 5.11. The minimum absolute atomic E-state index is 0.0185. The van der Waals surface area contributed by atoms with Gasteiger partial charge in [-0.3, -0.25) is 9.59 Å². The number of carbonyl (C=O) groups is 2. The molecule has 0 bridgehead atoms. The maximum atomic E-state index is 13.3. The predicted molar refractivity (Wildman–Crippen MR) is 67.8 cm³/mol. The van der Waals surface area contributed by atoms with Gasteiger partial charge in [0.05, 0.1) is 12.2 Å². The van der Waals surface area contributed by atoms with Crippen molar-refractivity contribution in [3.63, 3.8) is 0 Å². The van der Waals surface area contributed by atoms with E-state index in [1.54, 1.807) is 0 Å². The molecule has 1 N–H and O–H groups in total. The number of rotatable bonds is 3. The molecule has 0 amide bonds. The Balaban J connectivity index is 2.78. The van der Waals surface area contributed by atoms with Crippen LogP contribution in [0.3, 0.4) is 0 Å². The number of carbonyl (C=O) groups excluding carboxylic acids is 1. The van der Waals surface area contributed by atoms with Crippen LogP contribution in [-0.4, -0.2) is 21.9 Å². The van der Waals surface area contributed by atoms with Gasteiger partial charge in [-0.05, 0) is 18.2 Å². The maximum Gasteiger partial charge on any atom is 0.307 e. The Hall–Kier alpha value is -1.80. The molecule has 94 valence electrons. The third kappa shape index (κ3) is 5.02. The van der Waals surface area contributed by atoms with Gasteiger partial charge < -0.3 is 5.11 Å². The monoisotopic (exact) mass is 266 g/mol. The molecule has 0 aliphatic heterocycles. The molecule has 0 saturated heterocycles. The summed E-state index contributed by atoms with van der Waals surface area (Å²) in [7, 11) is 0. The smallest absolute Gasteiger partial charge is 0.307 e. The highest BCUT2D eigenvalue weighted by molar-refractivity contribution is 8.13. The summed E-state index contributed by atoms with van der Waals surface area (Å²) in [6, 6.07) is 4.08. The van der Waals surface area contributed by atoms with Crippen LogP contribution in [0.1, 0.15) is 18.1 Å². The fraction of sp³-hybridized carbons (Fsp3) is 0.231. The van der Waals surface area contributed by atoms with Crippen molar-refractivity contribution in [2.75, 3.05) is 5.75 Å². The lowest BCUT2D eigenvalue weighted by Crippen LogP contribution is -2.02. The lowest BCUT2D eigenvalue weighted by atomic mass is 10.1. The van der Waals surface area contributed by atoms with Crippen LogP contribution in [0.25, 0.3) is 0 Å². The first-order chi connectivity index (χ1) is 8.49. The molecule has 5 heteroatoms. The summed E-state index contributed by atoms with van der Waals surface area (Å²) in [6.07, 6.45) is -0.371. The highest BCUT2D eigenvalue weighted by Crippen LogP contribution is 2.11. The average Bonchev–Trinajstić information content (AvgIpc) is 2.27. The standard InChI is InChI=1S/C13H11FO3S/c1-9(15)18-6-2-3-10-4-5-12(14)11(7-10)8-13(16)17/h4-5,7H,6,8H2,1H3,(H,16,17). The maximum absolute atomic E-state index is 13.3. The first kappa shape index (κ1) is 14.3. The summed E-state index contributed by atoms with van der Waals surface area (Å²) >= 11 is 1.09. The Labute approximate surface area is 108 Å². The van der Waals surface area contributed by atoms with E-state index in [1.807, 2.05) is 0 Å².